The lowest BCUT2D eigenvalue weighted by Crippen LogP contribution is -2.39. The summed E-state index contributed by atoms with van der Waals surface area (Å²) in [5, 5.41) is 6.65. The van der Waals surface area contributed by atoms with E-state index in [0.717, 1.165) is 37.9 Å². The fourth-order valence-electron chi connectivity index (χ4n) is 4.14. The highest BCUT2D eigenvalue weighted by molar-refractivity contribution is 5.82. The van der Waals surface area contributed by atoms with E-state index in [-0.39, 0.29) is 29.4 Å². The SMILES string of the molecule is Nc1nc2c(Oc3cc(-c4ccc(C(F)(F)F)cc4)nc(NCC4CCCCN4)n3)cccc2[nH]c1=O. The maximum absolute atomic E-state index is 13.1. The third-order valence-electron chi connectivity index (χ3n) is 6.06. The summed E-state index contributed by atoms with van der Waals surface area (Å²) in [6.45, 7) is 1.51. The van der Waals surface area contributed by atoms with Crippen LogP contribution in [-0.4, -0.2) is 39.1 Å². The number of alkyl halides is 3. The Hall–Kier alpha value is -4.19. The van der Waals surface area contributed by atoms with E-state index in [2.05, 4.69) is 30.6 Å². The van der Waals surface area contributed by atoms with Gasteiger partial charge in [0.15, 0.2) is 11.6 Å². The Kier molecular flexibility index (Phi) is 6.66. The van der Waals surface area contributed by atoms with Gasteiger partial charge in [0.2, 0.25) is 11.8 Å². The lowest BCUT2D eigenvalue weighted by Gasteiger charge is -2.23. The molecule has 1 fully saturated rings. The Labute approximate surface area is 209 Å². The van der Waals surface area contributed by atoms with Crippen molar-refractivity contribution in [2.45, 2.75) is 31.5 Å². The lowest BCUT2D eigenvalue weighted by molar-refractivity contribution is -0.137. The van der Waals surface area contributed by atoms with E-state index in [4.69, 9.17) is 10.5 Å². The monoisotopic (exact) mass is 511 g/mol. The number of benzene rings is 2. The fraction of sp³-hybridized carbons (Fsp3) is 0.280. The highest BCUT2D eigenvalue weighted by Gasteiger charge is 2.30. The number of aromatic nitrogens is 4. The van der Waals surface area contributed by atoms with Gasteiger partial charge in [0.25, 0.3) is 5.56 Å². The molecule has 1 aliphatic heterocycles. The number of nitrogens with one attached hydrogen (secondary N) is 3. The van der Waals surface area contributed by atoms with Crippen molar-refractivity contribution in [1.82, 2.24) is 25.3 Å². The van der Waals surface area contributed by atoms with Crippen molar-refractivity contribution in [1.29, 1.82) is 0 Å². The molecule has 37 heavy (non-hydrogen) atoms. The van der Waals surface area contributed by atoms with Gasteiger partial charge in [0.1, 0.15) is 5.52 Å². The summed E-state index contributed by atoms with van der Waals surface area (Å²) >= 11 is 0. The number of halogens is 3. The summed E-state index contributed by atoms with van der Waals surface area (Å²) in [5.41, 5.74) is 6.02. The molecular formula is C25H24F3N7O2. The summed E-state index contributed by atoms with van der Waals surface area (Å²) in [4.78, 5) is 27.6. The molecule has 1 aliphatic rings. The molecule has 192 valence electrons. The number of nitrogen functional groups attached to an aromatic ring is 1. The average Bonchev–Trinajstić information content (AvgIpc) is 2.89. The van der Waals surface area contributed by atoms with E-state index >= 15 is 0 Å². The number of nitrogens with two attached hydrogens (primary N) is 1. The number of nitrogens with zero attached hydrogens (tertiary/aromatic N) is 3. The second-order valence-electron chi connectivity index (χ2n) is 8.72. The Morgan fingerprint density at radius 1 is 1.08 bits per heavy atom. The van der Waals surface area contributed by atoms with Crippen LogP contribution in [0.15, 0.2) is 53.3 Å². The molecular weight excluding hydrogens is 487 g/mol. The summed E-state index contributed by atoms with van der Waals surface area (Å²) in [6.07, 6.45) is -1.18. The summed E-state index contributed by atoms with van der Waals surface area (Å²) in [5.74, 6) is 0.486. The topological polar surface area (TPSA) is 131 Å². The minimum absolute atomic E-state index is 0.142. The molecule has 0 bridgehead atoms. The highest BCUT2D eigenvalue weighted by Crippen LogP contribution is 2.33. The minimum atomic E-state index is -4.44. The van der Waals surface area contributed by atoms with Gasteiger partial charge in [-0.1, -0.05) is 24.6 Å². The predicted octanol–water partition coefficient (Wildman–Crippen LogP) is 4.33. The van der Waals surface area contributed by atoms with Crippen LogP contribution in [0.4, 0.5) is 24.9 Å². The van der Waals surface area contributed by atoms with Crippen molar-refractivity contribution in [2.24, 2.45) is 0 Å². The van der Waals surface area contributed by atoms with Crippen molar-refractivity contribution in [2.75, 3.05) is 24.1 Å². The van der Waals surface area contributed by atoms with Crippen LogP contribution in [0.5, 0.6) is 11.6 Å². The van der Waals surface area contributed by atoms with Crippen LogP contribution in [0.25, 0.3) is 22.3 Å². The zero-order chi connectivity index (χ0) is 26.0. The van der Waals surface area contributed by atoms with E-state index in [1.807, 2.05) is 0 Å². The molecule has 2 aromatic heterocycles. The second kappa shape index (κ2) is 10.1. The number of fused-ring (bicyclic) bond motifs is 1. The van der Waals surface area contributed by atoms with Gasteiger partial charge < -0.3 is 26.1 Å². The molecule has 9 nitrogen and oxygen atoms in total. The van der Waals surface area contributed by atoms with E-state index < -0.39 is 17.3 Å². The normalized spacial score (nSPS) is 16.0. The highest BCUT2D eigenvalue weighted by atomic mass is 19.4. The smallest absolute Gasteiger partial charge is 0.416 e. The summed E-state index contributed by atoms with van der Waals surface area (Å²) < 4.78 is 45.2. The molecule has 3 heterocycles. The van der Waals surface area contributed by atoms with Gasteiger partial charge in [0, 0.05) is 24.2 Å². The quantitative estimate of drug-likeness (QED) is 0.301. The molecule has 1 saturated heterocycles. The molecule has 0 radical (unpaired) electrons. The Morgan fingerprint density at radius 2 is 1.89 bits per heavy atom. The Morgan fingerprint density at radius 3 is 2.62 bits per heavy atom. The van der Waals surface area contributed by atoms with Gasteiger partial charge in [-0.25, -0.2) is 9.97 Å². The number of anilines is 2. The molecule has 5 N–H and O–H groups in total. The number of aromatic amines is 1. The Balaban J connectivity index is 1.50. The second-order valence-corrected chi connectivity index (χ2v) is 8.72. The first-order valence-corrected chi connectivity index (χ1v) is 11.8. The number of H-pyrrole nitrogens is 1. The fourth-order valence-corrected chi connectivity index (χ4v) is 4.14. The number of hydrogen-bond donors (Lipinski definition) is 4. The molecule has 5 rings (SSSR count). The Bertz CT molecular complexity index is 1470. The first-order valence-electron chi connectivity index (χ1n) is 11.8. The van der Waals surface area contributed by atoms with Gasteiger partial charge >= 0.3 is 6.18 Å². The standard InChI is InChI=1S/C25H24F3N7O2/c26-25(27,28)15-9-7-14(8-10-15)18-12-20(34-24(33-18)31-13-16-4-1-2-11-30-16)37-19-6-3-5-17-21(19)35-22(29)23(36)32-17/h3,5-10,12,16,30H,1-2,4,11,13H2,(H2,29,35)(H,32,36)(H,31,33,34). The number of para-hydroxylation sites is 1. The van der Waals surface area contributed by atoms with Crippen molar-refractivity contribution < 1.29 is 17.9 Å². The molecule has 0 amide bonds. The van der Waals surface area contributed by atoms with Crippen molar-refractivity contribution in [3.8, 4) is 22.9 Å². The van der Waals surface area contributed by atoms with E-state index in [1.165, 1.54) is 18.2 Å². The maximum Gasteiger partial charge on any atom is 0.416 e. The van der Waals surface area contributed by atoms with Gasteiger partial charge in [-0.3, -0.25) is 4.79 Å². The molecule has 1 unspecified atom stereocenters. The van der Waals surface area contributed by atoms with Crippen molar-refractivity contribution in [3.05, 3.63) is 64.4 Å². The zero-order valence-electron chi connectivity index (χ0n) is 19.6. The lowest BCUT2D eigenvalue weighted by atomic mass is 10.1. The zero-order valence-corrected chi connectivity index (χ0v) is 19.6. The predicted molar refractivity (Wildman–Crippen MR) is 133 cm³/mol. The largest absolute Gasteiger partial charge is 0.436 e. The summed E-state index contributed by atoms with van der Waals surface area (Å²) in [7, 11) is 0. The van der Waals surface area contributed by atoms with Crippen LogP contribution in [0.3, 0.4) is 0 Å². The number of ether oxygens (including phenoxy) is 1. The molecule has 12 heteroatoms. The first kappa shape index (κ1) is 24.5. The van der Waals surface area contributed by atoms with Crippen LogP contribution in [-0.2, 0) is 6.18 Å². The molecule has 4 aromatic rings. The van der Waals surface area contributed by atoms with Gasteiger partial charge in [-0.15, -0.1) is 0 Å². The molecule has 0 saturated carbocycles. The van der Waals surface area contributed by atoms with Crippen LogP contribution in [0.1, 0.15) is 24.8 Å². The van der Waals surface area contributed by atoms with Crippen LogP contribution in [0.2, 0.25) is 0 Å². The van der Waals surface area contributed by atoms with Crippen molar-refractivity contribution >= 4 is 22.8 Å². The maximum atomic E-state index is 13.1. The third-order valence-corrected chi connectivity index (χ3v) is 6.06. The minimum Gasteiger partial charge on any atom is -0.436 e. The van der Waals surface area contributed by atoms with E-state index in [1.54, 1.807) is 18.2 Å². The van der Waals surface area contributed by atoms with E-state index in [0.29, 0.717) is 28.8 Å². The number of hydrogen-bond acceptors (Lipinski definition) is 8. The molecule has 0 aliphatic carbocycles. The summed E-state index contributed by atoms with van der Waals surface area (Å²) in [6, 6.07) is 11.5. The van der Waals surface area contributed by atoms with Gasteiger partial charge in [0.05, 0.1) is 16.8 Å². The van der Waals surface area contributed by atoms with Crippen molar-refractivity contribution in [3.63, 3.8) is 0 Å². The first-order chi connectivity index (χ1) is 17.8. The van der Waals surface area contributed by atoms with E-state index in [9.17, 15) is 18.0 Å². The van der Waals surface area contributed by atoms with Gasteiger partial charge in [-0.2, -0.15) is 18.2 Å². The van der Waals surface area contributed by atoms with Crippen LogP contribution >= 0.6 is 0 Å². The molecule has 1 atom stereocenters. The molecule has 2 aromatic carbocycles. The molecule has 0 spiro atoms. The number of rotatable bonds is 6. The van der Waals surface area contributed by atoms with Crippen LogP contribution in [0, 0.1) is 0 Å². The average molecular weight is 512 g/mol. The number of piperidine rings is 1. The van der Waals surface area contributed by atoms with Gasteiger partial charge in [-0.05, 0) is 43.7 Å². The van der Waals surface area contributed by atoms with Crippen LogP contribution < -0.4 is 26.7 Å². The third kappa shape index (κ3) is 5.64.